The Morgan fingerprint density at radius 2 is 2.25 bits per heavy atom. The molecule has 1 aromatic carbocycles. The number of aliphatic hydroxyl groups excluding tert-OH is 1. The number of fused-ring (bicyclic) bond motifs is 1. The van der Waals surface area contributed by atoms with Crippen LogP contribution in [0.25, 0.3) is 28.1 Å². The van der Waals surface area contributed by atoms with Crippen LogP contribution in [0.3, 0.4) is 0 Å². The molecule has 0 unspecified atom stereocenters. The predicted molar refractivity (Wildman–Crippen MR) is 102 cm³/mol. The van der Waals surface area contributed by atoms with Gasteiger partial charge in [-0.3, -0.25) is 5.10 Å². The molecule has 2 N–H and O–H groups in total. The van der Waals surface area contributed by atoms with Crippen LogP contribution in [0.5, 0.6) is 5.75 Å². The summed E-state index contributed by atoms with van der Waals surface area (Å²) in [5.74, 6) is 1.40. The molecule has 10 heteroatoms. The molecule has 0 aliphatic carbocycles. The molecule has 3 aromatic heterocycles. The minimum Gasteiger partial charge on any atom is -0.495 e. The first-order valence-electron chi connectivity index (χ1n) is 8.40. The van der Waals surface area contributed by atoms with Gasteiger partial charge in [0.05, 0.1) is 36.8 Å². The highest BCUT2D eigenvalue weighted by Crippen LogP contribution is 2.42. The molecule has 9 nitrogen and oxygen atoms in total. The number of rotatable bonds is 5. The number of benzene rings is 1. The van der Waals surface area contributed by atoms with Crippen molar-refractivity contribution in [3.8, 4) is 29.0 Å². The van der Waals surface area contributed by atoms with Gasteiger partial charge in [-0.25, -0.2) is 9.97 Å². The van der Waals surface area contributed by atoms with E-state index in [1.165, 1.54) is 7.11 Å². The highest BCUT2D eigenvalue weighted by atomic mass is 35.5. The van der Waals surface area contributed by atoms with E-state index in [0.717, 1.165) is 11.1 Å². The summed E-state index contributed by atoms with van der Waals surface area (Å²) in [5.41, 5.74) is 2.36. The first-order chi connectivity index (χ1) is 13.6. The summed E-state index contributed by atoms with van der Waals surface area (Å²) in [4.78, 5) is 8.63. The third-order valence-electron chi connectivity index (χ3n) is 4.54. The van der Waals surface area contributed by atoms with Gasteiger partial charge in [0, 0.05) is 31.2 Å². The number of hydrogen-bond acceptors (Lipinski definition) is 6. The molecule has 0 saturated heterocycles. The average Bonchev–Trinajstić information content (AvgIpc) is 3.42. The molecule has 0 fully saturated rings. The van der Waals surface area contributed by atoms with Crippen LogP contribution in [0.4, 0.5) is 0 Å². The summed E-state index contributed by atoms with van der Waals surface area (Å²) in [6, 6.07) is 3.97. The summed E-state index contributed by atoms with van der Waals surface area (Å²) >= 11 is 6.39. The van der Waals surface area contributed by atoms with Crippen LogP contribution in [0.15, 0.2) is 24.8 Å². The topological polar surface area (TPSA) is 118 Å². The zero-order valence-electron chi connectivity index (χ0n) is 15.1. The fourth-order valence-electron chi connectivity index (χ4n) is 3.33. The zero-order chi connectivity index (χ0) is 19.8. The number of ether oxygens (including phenoxy) is 1. The Labute approximate surface area is 164 Å². The Hall–Kier alpha value is -3.35. The molecule has 0 radical (unpaired) electrons. The minimum absolute atomic E-state index is 0.0382. The normalized spacial score (nSPS) is 11.1. The van der Waals surface area contributed by atoms with Gasteiger partial charge in [0.1, 0.15) is 28.4 Å². The zero-order valence-corrected chi connectivity index (χ0v) is 15.9. The number of aromatic nitrogens is 6. The lowest BCUT2D eigenvalue weighted by Gasteiger charge is -2.07. The van der Waals surface area contributed by atoms with Gasteiger partial charge in [0.25, 0.3) is 0 Å². The number of H-pyrrole nitrogens is 1. The Kier molecular flexibility index (Phi) is 4.50. The van der Waals surface area contributed by atoms with E-state index in [0.29, 0.717) is 40.6 Å². The van der Waals surface area contributed by atoms with Gasteiger partial charge < -0.3 is 19.0 Å². The van der Waals surface area contributed by atoms with E-state index >= 15 is 0 Å². The molecule has 0 aliphatic heterocycles. The number of hydrogen-bond donors (Lipinski definition) is 2. The lowest BCUT2D eigenvalue weighted by Crippen LogP contribution is -1.99. The molecule has 0 spiro atoms. The summed E-state index contributed by atoms with van der Waals surface area (Å²) in [6.45, 7) is -0.0382. The highest BCUT2D eigenvalue weighted by Gasteiger charge is 2.26. The van der Waals surface area contributed by atoms with Crippen LogP contribution in [-0.2, 0) is 13.5 Å². The molecule has 0 amide bonds. The molecule has 0 atom stereocenters. The van der Waals surface area contributed by atoms with E-state index in [4.69, 9.17) is 21.4 Å². The SMILES string of the molecule is COc1cc2c(-n3ccnc3)c(-c3n[nH]c(CCO)n3)n(C)c2c(C#N)c1Cl. The maximum atomic E-state index is 9.75. The lowest BCUT2D eigenvalue weighted by molar-refractivity contribution is 0.297. The van der Waals surface area contributed by atoms with E-state index in [2.05, 4.69) is 26.2 Å². The van der Waals surface area contributed by atoms with Crippen LogP contribution in [-0.4, -0.2) is 48.1 Å². The number of nitrogens with zero attached hydrogens (tertiary/aromatic N) is 6. The highest BCUT2D eigenvalue weighted by molar-refractivity contribution is 6.34. The van der Waals surface area contributed by atoms with Crippen molar-refractivity contribution < 1.29 is 9.84 Å². The van der Waals surface area contributed by atoms with Crippen LogP contribution in [0, 0.1) is 11.3 Å². The number of methoxy groups -OCH3 is 1. The smallest absolute Gasteiger partial charge is 0.199 e. The molecule has 3 heterocycles. The van der Waals surface area contributed by atoms with E-state index in [1.54, 1.807) is 24.8 Å². The number of nitrogens with one attached hydrogen (secondary N) is 1. The van der Waals surface area contributed by atoms with Crippen molar-refractivity contribution in [1.29, 1.82) is 5.26 Å². The molecule has 0 saturated carbocycles. The largest absolute Gasteiger partial charge is 0.495 e. The van der Waals surface area contributed by atoms with Crippen molar-refractivity contribution in [2.75, 3.05) is 13.7 Å². The Morgan fingerprint density at radius 1 is 1.43 bits per heavy atom. The van der Waals surface area contributed by atoms with Crippen molar-refractivity contribution in [1.82, 2.24) is 29.3 Å². The molecule has 0 bridgehead atoms. The van der Waals surface area contributed by atoms with Gasteiger partial charge >= 0.3 is 0 Å². The van der Waals surface area contributed by atoms with Gasteiger partial charge in [0.15, 0.2) is 5.82 Å². The van der Waals surface area contributed by atoms with E-state index in [1.807, 2.05) is 16.2 Å². The van der Waals surface area contributed by atoms with Crippen molar-refractivity contribution in [3.05, 3.63) is 41.2 Å². The first-order valence-corrected chi connectivity index (χ1v) is 8.78. The lowest BCUT2D eigenvalue weighted by atomic mass is 10.1. The predicted octanol–water partition coefficient (Wildman–Crippen LogP) is 2.22. The molecule has 4 aromatic rings. The fraction of sp³-hybridized carbons (Fsp3) is 0.222. The molecule has 0 aliphatic rings. The third-order valence-corrected chi connectivity index (χ3v) is 4.92. The van der Waals surface area contributed by atoms with Crippen molar-refractivity contribution >= 4 is 22.5 Å². The number of aliphatic hydroxyl groups is 1. The second-order valence-corrected chi connectivity index (χ2v) is 6.46. The van der Waals surface area contributed by atoms with Gasteiger partial charge in [-0.05, 0) is 6.07 Å². The van der Waals surface area contributed by atoms with Gasteiger partial charge in [0.2, 0.25) is 0 Å². The molecular formula is C18H16ClN7O2. The average molecular weight is 398 g/mol. The number of aromatic amines is 1. The van der Waals surface area contributed by atoms with Crippen molar-refractivity contribution in [2.24, 2.45) is 7.05 Å². The van der Waals surface area contributed by atoms with Gasteiger partial charge in [-0.15, -0.1) is 0 Å². The number of nitriles is 1. The molecule has 142 valence electrons. The molecular weight excluding hydrogens is 382 g/mol. The number of imidazole rings is 1. The van der Waals surface area contributed by atoms with E-state index in [9.17, 15) is 5.26 Å². The summed E-state index contributed by atoms with van der Waals surface area (Å²) in [5, 5.41) is 27.0. The Morgan fingerprint density at radius 3 is 2.89 bits per heavy atom. The summed E-state index contributed by atoms with van der Waals surface area (Å²) < 4.78 is 9.04. The second kappa shape index (κ2) is 6.99. The van der Waals surface area contributed by atoms with Crippen molar-refractivity contribution in [2.45, 2.75) is 6.42 Å². The Bertz CT molecular complexity index is 1200. The summed E-state index contributed by atoms with van der Waals surface area (Å²) in [7, 11) is 3.33. The van der Waals surface area contributed by atoms with E-state index in [-0.39, 0.29) is 11.6 Å². The minimum atomic E-state index is -0.0382. The third kappa shape index (κ3) is 2.62. The van der Waals surface area contributed by atoms with Crippen LogP contribution < -0.4 is 4.74 Å². The number of aryl methyl sites for hydroxylation is 1. The van der Waals surface area contributed by atoms with Crippen LogP contribution >= 0.6 is 11.6 Å². The van der Waals surface area contributed by atoms with Crippen LogP contribution in [0.2, 0.25) is 5.02 Å². The van der Waals surface area contributed by atoms with E-state index < -0.39 is 0 Å². The Balaban J connectivity index is 2.13. The second-order valence-electron chi connectivity index (χ2n) is 6.08. The van der Waals surface area contributed by atoms with Crippen molar-refractivity contribution in [3.63, 3.8) is 0 Å². The molecule has 28 heavy (non-hydrogen) atoms. The standard InChI is InChI=1S/C18H16ClN7O2/c1-25-15-10(7-12(28-2)14(19)11(15)8-20)16(26-5-4-21-9-26)17(25)18-22-13(3-6-27)23-24-18/h4-5,7,9,27H,3,6H2,1-2H3,(H,22,23,24). The van der Waals surface area contributed by atoms with Gasteiger partial charge in [-0.1, -0.05) is 11.6 Å². The van der Waals surface area contributed by atoms with Crippen LogP contribution in [0.1, 0.15) is 11.4 Å². The first kappa shape index (κ1) is 18.0. The maximum absolute atomic E-state index is 9.75. The monoisotopic (exact) mass is 397 g/mol. The van der Waals surface area contributed by atoms with Gasteiger partial charge in [-0.2, -0.15) is 10.4 Å². The number of halogens is 1. The molecule has 4 rings (SSSR count). The quantitative estimate of drug-likeness (QED) is 0.533. The maximum Gasteiger partial charge on any atom is 0.199 e. The fourth-order valence-corrected chi connectivity index (χ4v) is 3.59. The summed E-state index contributed by atoms with van der Waals surface area (Å²) in [6.07, 6.45) is 5.48.